The number of amides is 2. The summed E-state index contributed by atoms with van der Waals surface area (Å²) in [6, 6.07) is 5.81. The molecule has 0 aliphatic carbocycles. The number of rotatable bonds is 5. The van der Waals surface area contributed by atoms with E-state index in [1.807, 2.05) is 19.1 Å². The standard InChI is InChI=1S/C24H29N5O4/c1-6-21(30)27-9-10-29(16(3)12-27)22-19-13-28(14-20(19)25-24(26-22)33-5)23(31)18-11-17(32-4)8-7-15(18)2/h6-8,11,16H,1,9-10,12-14H2,2-5H3. The second kappa shape index (κ2) is 9.09. The summed E-state index contributed by atoms with van der Waals surface area (Å²) in [7, 11) is 3.12. The highest BCUT2D eigenvalue weighted by Gasteiger charge is 2.35. The second-order valence-electron chi connectivity index (χ2n) is 8.33. The summed E-state index contributed by atoms with van der Waals surface area (Å²) in [4.78, 5) is 40.4. The van der Waals surface area contributed by atoms with Crippen molar-refractivity contribution in [1.82, 2.24) is 19.8 Å². The molecule has 1 unspecified atom stereocenters. The molecule has 1 aromatic carbocycles. The van der Waals surface area contributed by atoms with Crippen LogP contribution in [-0.4, -0.2) is 71.5 Å². The number of anilines is 1. The van der Waals surface area contributed by atoms with Crippen LogP contribution < -0.4 is 14.4 Å². The molecule has 33 heavy (non-hydrogen) atoms. The summed E-state index contributed by atoms with van der Waals surface area (Å²) in [6.07, 6.45) is 1.35. The van der Waals surface area contributed by atoms with Crippen molar-refractivity contribution in [3.8, 4) is 11.8 Å². The van der Waals surface area contributed by atoms with Gasteiger partial charge in [0.2, 0.25) is 5.91 Å². The SMILES string of the molecule is C=CC(=O)N1CCN(c2nc(OC)nc3c2CN(C(=O)c2cc(OC)ccc2C)C3)C(C)C1. The molecule has 0 N–H and O–H groups in total. The Balaban J connectivity index is 1.62. The smallest absolute Gasteiger partial charge is 0.318 e. The summed E-state index contributed by atoms with van der Waals surface area (Å²) in [5, 5.41) is 0. The molecule has 4 rings (SSSR count). The Labute approximate surface area is 193 Å². The van der Waals surface area contributed by atoms with Gasteiger partial charge in [-0.3, -0.25) is 9.59 Å². The summed E-state index contributed by atoms with van der Waals surface area (Å²) in [5.41, 5.74) is 3.19. The number of nitrogens with zero attached hydrogens (tertiary/aromatic N) is 5. The summed E-state index contributed by atoms with van der Waals surface area (Å²) >= 11 is 0. The Kier molecular flexibility index (Phi) is 6.22. The summed E-state index contributed by atoms with van der Waals surface area (Å²) < 4.78 is 10.7. The molecule has 1 fully saturated rings. The third kappa shape index (κ3) is 4.22. The van der Waals surface area contributed by atoms with E-state index >= 15 is 0 Å². The van der Waals surface area contributed by atoms with Crippen LogP contribution in [0.2, 0.25) is 0 Å². The zero-order valence-electron chi connectivity index (χ0n) is 19.5. The van der Waals surface area contributed by atoms with E-state index in [-0.39, 0.29) is 23.9 Å². The van der Waals surface area contributed by atoms with Crippen LogP contribution in [0.5, 0.6) is 11.8 Å². The Morgan fingerprint density at radius 3 is 2.58 bits per heavy atom. The molecule has 9 heteroatoms. The van der Waals surface area contributed by atoms with Crippen LogP contribution in [0, 0.1) is 6.92 Å². The third-order valence-corrected chi connectivity index (χ3v) is 6.27. The van der Waals surface area contributed by atoms with Gasteiger partial charge in [0.15, 0.2) is 0 Å². The number of fused-ring (bicyclic) bond motifs is 1. The fraction of sp³-hybridized carbons (Fsp3) is 0.417. The predicted molar refractivity (Wildman–Crippen MR) is 123 cm³/mol. The Morgan fingerprint density at radius 2 is 1.91 bits per heavy atom. The fourth-order valence-electron chi connectivity index (χ4n) is 4.42. The molecule has 1 atom stereocenters. The molecule has 0 radical (unpaired) electrons. The normalized spacial score (nSPS) is 17.6. The highest BCUT2D eigenvalue weighted by atomic mass is 16.5. The number of aryl methyl sites for hydroxylation is 1. The Morgan fingerprint density at radius 1 is 1.12 bits per heavy atom. The van der Waals surface area contributed by atoms with Gasteiger partial charge in [0.05, 0.1) is 33.0 Å². The minimum absolute atomic E-state index is 0.0386. The molecule has 0 saturated carbocycles. The minimum atomic E-state index is -0.0798. The number of carbonyl (C=O) groups excluding carboxylic acids is 2. The van der Waals surface area contributed by atoms with E-state index in [4.69, 9.17) is 9.47 Å². The number of hydrogen-bond acceptors (Lipinski definition) is 7. The average molecular weight is 452 g/mol. The lowest BCUT2D eigenvalue weighted by molar-refractivity contribution is -0.126. The number of benzene rings is 1. The first kappa shape index (κ1) is 22.6. The largest absolute Gasteiger partial charge is 0.497 e. The molecule has 2 aliphatic heterocycles. The lowest BCUT2D eigenvalue weighted by Gasteiger charge is -2.40. The highest BCUT2D eigenvalue weighted by molar-refractivity contribution is 5.96. The van der Waals surface area contributed by atoms with Gasteiger partial charge in [0.25, 0.3) is 5.91 Å². The first-order chi connectivity index (χ1) is 15.9. The highest BCUT2D eigenvalue weighted by Crippen LogP contribution is 2.34. The molecule has 1 saturated heterocycles. The fourth-order valence-corrected chi connectivity index (χ4v) is 4.42. The molecule has 9 nitrogen and oxygen atoms in total. The van der Waals surface area contributed by atoms with E-state index in [2.05, 4.69) is 28.4 Å². The maximum Gasteiger partial charge on any atom is 0.318 e. The van der Waals surface area contributed by atoms with Crippen LogP contribution in [0.3, 0.4) is 0 Å². The van der Waals surface area contributed by atoms with E-state index in [0.29, 0.717) is 44.0 Å². The van der Waals surface area contributed by atoms with Crippen LogP contribution in [0.25, 0.3) is 0 Å². The number of methoxy groups -OCH3 is 2. The van der Waals surface area contributed by atoms with Gasteiger partial charge in [-0.2, -0.15) is 9.97 Å². The molecule has 174 valence electrons. The topological polar surface area (TPSA) is 88.1 Å². The van der Waals surface area contributed by atoms with Crippen molar-refractivity contribution in [2.24, 2.45) is 0 Å². The van der Waals surface area contributed by atoms with Gasteiger partial charge in [0, 0.05) is 36.8 Å². The molecule has 2 amide bonds. The zero-order valence-corrected chi connectivity index (χ0v) is 19.5. The van der Waals surface area contributed by atoms with Gasteiger partial charge < -0.3 is 24.2 Å². The first-order valence-corrected chi connectivity index (χ1v) is 10.9. The maximum absolute atomic E-state index is 13.4. The van der Waals surface area contributed by atoms with Crippen LogP contribution >= 0.6 is 0 Å². The second-order valence-corrected chi connectivity index (χ2v) is 8.33. The number of carbonyl (C=O) groups is 2. The number of hydrogen-bond donors (Lipinski definition) is 0. The number of ether oxygens (including phenoxy) is 2. The average Bonchev–Trinajstić information content (AvgIpc) is 3.27. The van der Waals surface area contributed by atoms with Crippen molar-refractivity contribution in [2.75, 3.05) is 38.8 Å². The molecule has 0 spiro atoms. The van der Waals surface area contributed by atoms with E-state index in [1.165, 1.54) is 13.2 Å². The van der Waals surface area contributed by atoms with Gasteiger partial charge >= 0.3 is 6.01 Å². The molecular formula is C24H29N5O4. The van der Waals surface area contributed by atoms with Crippen LogP contribution in [-0.2, 0) is 17.9 Å². The van der Waals surface area contributed by atoms with Gasteiger partial charge in [0.1, 0.15) is 11.6 Å². The molecular weight excluding hydrogens is 422 g/mol. The van der Waals surface area contributed by atoms with Gasteiger partial charge in [-0.15, -0.1) is 0 Å². The molecule has 2 aliphatic rings. The minimum Gasteiger partial charge on any atom is -0.497 e. The lowest BCUT2D eigenvalue weighted by Crippen LogP contribution is -2.54. The van der Waals surface area contributed by atoms with Gasteiger partial charge in [-0.1, -0.05) is 12.6 Å². The van der Waals surface area contributed by atoms with E-state index in [1.54, 1.807) is 23.0 Å². The monoisotopic (exact) mass is 451 g/mol. The number of piperazine rings is 1. The van der Waals surface area contributed by atoms with Crippen LogP contribution in [0.4, 0.5) is 5.82 Å². The van der Waals surface area contributed by atoms with Crippen molar-refractivity contribution in [1.29, 1.82) is 0 Å². The predicted octanol–water partition coefficient (Wildman–Crippen LogP) is 2.18. The molecule has 2 aromatic rings. The number of aromatic nitrogens is 2. The van der Waals surface area contributed by atoms with E-state index in [0.717, 1.165) is 22.6 Å². The van der Waals surface area contributed by atoms with Crippen molar-refractivity contribution in [2.45, 2.75) is 33.0 Å². The van der Waals surface area contributed by atoms with E-state index < -0.39 is 0 Å². The molecule has 3 heterocycles. The van der Waals surface area contributed by atoms with Crippen molar-refractivity contribution in [3.05, 3.63) is 53.2 Å². The lowest BCUT2D eigenvalue weighted by atomic mass is 10.1. The third-order valence-electron chi connectivity index (χ3n) is 6.27. The van der Waals surface area contributed by atoms with Crippen molar-refractivity contribution >= 4 is 17.6 Å². The van der Waals surface area contributed by atoms with Crippen molar-refractivity contribution < 1.29 is 19.1 Å². The van der Waals surface area contributed by atoms with Gasteiger partial charge in [-0.25, -0.2) is 0 Å². The zero-order chi connectivity index (χ0) is 23.7. The Hall–Kier alpha value is -3.62. The quantitative estimate of drug-likeness (QED) is 0.644. The molecule has 1 aromatic heterocycles. The Bertz CT molecular complexity index is 1100. The summed E-state index contributed by atoms with van der Waals surface area (Å²) in [6.45, 7) is 10.1. The van der Waals surface area contributed by atoms with Crippen LogP contribution in [0.1, 0.15) is 34.1 Å². The maximum atomic E-state index is 13.4. The van der Waals surface area contributed by atoms with Crippen molar-refractivity contribution in [3.63, 3.8) is 0 Å². The van der Waals surface area contributed by atoms with Crippen LogP contribution in [0.15, 0.2) is 30.9 Å². The van der Waals surface area contributed by atoms with E-state index in [9.17, 15) is 9.59 Å². The first-order valence-electron chi connectivity index (χ1n) is 10.9. The molecule has 0 bridgehead atoms. The van der Waals surface area contributed by atoms with Gasteiger partial charge in [-0.05, 0) is 37.6 Å². The summed E-state index contributed by atoms with van der Waals surface area (Å²) in [5.74, 6) is 1.25.